The van der Waals surface area contributed by atoms with Gasteiger partial charge in [-0.2, -0.15) is 5.10 Å². The fourth-order valence-corrected chi connectivity index (χ4v) is 3.43. The minimum Gasteiger partial charge on any atom is -0.336 e. The Balaban J connectivity index is 1.53. The van der Waals surface area contributed by atoms with E-state index in [4.69, 9.17) is 0 Å². The summed E-state index contributed by atoms with van der Waals surface area (Å²) >= 11 is 1.50. The summed E-state index contributed by atoms with van der Waals surface area (Å²) < 4.78 is 1.89. The molecule has 0 N–H and O–H groups in total. The van der Waals surface area contributed by atoms with Crippen molar-refractivity contribution in [2.24, 2.45) is 0 Å². The van der Waals surface area contributed by atoms with Crippen molar-refractivity contribution < 1.29 is 0 Å². The lowest BCUT2D eigenvalue weighted by molar-refractivity contribution is 0.742. The van der Waals surface area contributed by atoms with Crippen LogP contribution in [-0.2, 0) is 19.4 Å². The molecule has 6 nitrogen and oxygen atoms in total. The Morgan fingerprint density at radius 3 is 2.61 bits per heavy atom. The van der Waals surface area contributed by atoms with E-state index in [1.807, 2.05) is 59.0 Å². The zero-order chi connectivity index (χ0) is 19.2. The summed E-state index contributed by atoms with van der Waals surface area (Å²) in [6, 6.07) is 10.1. The molecule has 0 aliphatic heterocycles. The van der Waals surface area contributed by atoms with Gasteiger partial charge in [0.05, 0.1) is 17.6 Å². The van der Waals surface area contributed by atoms with Gasteiger partial charge in [-0.25, -0.2) is 19.6 Å². The van der Waals surface area contributed by atoms with E-state index in [1.165, 1.54) is 11.3 Å². The smallest absolute Gasteiger partial charge is 0.225 e. The second-order valence-corrected chi connectivity index (χ2v) is 7.13. The number of rotatable bonds is 8. The number of aryl methyl sites for hydroxylation is 1. The maximum Gasteiger partial charge on any atom is 0.225 e. The van der Waals surface area contributed by atoms with Gasteiger partial charge in [0, 0.05) is 49.0 Å². The quantitative estimate of drug-likeness (QED) is 0.460. The van der Waals surface area contributed by atoms with Crippen molar-refractivity contribution in [3.8, 4) is 5.69 Å². The monoisotopic (exact) mass is 389 g/mol. The minimum absolute atomic E-state index is 0.687. The average molecular weight is 390 g/mol. The van der Waals surface area contributed by atoms with Crippen LogP contribution in [0.5, 0.6) is 0 Å². The molecule has 0 aliphatic carbocycles. The standard InChI is InChI=1S/C21H21N6S/c1-2-17-10-22-21(23-11-17)26(9-8-19-15-28-16-24-19)13-18-12-25-27(14-18)20-6-4-3-5-7-20/h3-7,10-12,14-15H,2,8-9,13H2,1H3. The molecule has 0 fully saturated rings. The summed E-state index contributed by atoms with van der Waals surface area (Å²) in [7, 11) is 0. The van der Waals surface area contributed by atoms with Gasteiger partial charge in [-0.15, -0.1) is 11.3 Å². The van der Waals surface area contributed by atoms with Crippen molar-refractivity contribution in [2.45, 2.75) is 26.3 Å². The first-order chi connectivity index (χ1) is 13.8. The Bertz CT molecular complexity index is 979. The van der Waals surface area contributed by atoms with Gasteiger partial charge in [-0.3, -0.25) is 0 Å². The number of para-hydroxylation sites is 1. The minimum atomic E-state index is 0.687. The van der Waals surface area contributed by atoms with Crippen LogP contribution in [0.25, 0.3) is 5.69 Å². The Kier molecular flexibility index (Phi) is 5.72. The van der Waals surface area contributed by atoms with Crippen LogP contribution < -0.4 is 4.90 Å². The summed E-state index contributed by atoms with van der Waals surface area (Å²) in [5, 5.41) is 6.54. The average Bonchev–Trinajstić information content (AvgIpc) is 3.44. The molecular weight excluding hydrogens is 368 g/mol. The van der Waals surface area contributed by atoms with Crippen LogP contribution in [0.3, 0.4) is 0 Å². The number of aromatic nitrogens is 5. The molecule has 0 spiro atoms. The molecule has 0 amide bonds. The highest BCUT2D eigenvalue weighted by Gasteiger charge is 2.13. The fraction of sp³-hybridized carbons (Fsp3) is 0.238. The molecule has 1 radical (unpaired) electrons. The van der Waals surface area contributed by atoms with Crippen molar-refractivity contribution >= 4 is 17.3 Å². The van der Waals surface area contributed by atoms with E-state index in [0.717, 1.165) is 47.8 Å². The summed E-state index contributed by atoms with van der Waals surface area (Å²) in [6.45, 7) is 3.57. The van der Waals surface area contributed by atoms with Gasteiger partial charge in [0.1, 0.15) is 0 Å². The number of hydrogen-bond acceptors (Lipinski definition) is 6. The van der Waals surface area contributed by atoms with E-state index < -0.39 is 0 Å². The van der Waals surface area contributed by atoms with Crippen LogP contribution >= 0.6 is 11.3 Å². The fourth-order valence-electron chi connectivity index (χ4n) is 2.90. The summed E-state index contributed by atoms with van der Waals surface area (Å²) in [6.07, 6.45) is 9.51. The molecule has 3 aromatic heterocycles. The summed E-state index contributed by atoms with van der Waals surface area (Å²) in [5.41, 5.74) is 7.24. The van der Waals surface area contributed by atoms with Gasteiger partial charge in [0.15, 0.2) is 5.51 Å². The van der Waals surface area contributed by atoms with Gasteiger partial charge >= 0.3 is 0 Å². The van der Waals surface area contributed by atoms with Crippen molar-refractivity contribution in [3.05, 3.63) is 82.8 Å². The van der Waals surface area contributed by atoms with Gasteiger partial charge in [-0.1, -0.05) is 25.1 Å². The molecular formula is C21H21N6S. The number of hydrogen-bond donors (Lipinski definition) is 0. The molecule has 1 aromatic carbocycles. The van der Waals surface area contributed by atoms with Crippen LogP contribution in [0.4, 0.5) is 5.95 Å². The zero-order valence-corrected chi connectivity index (χ0v) is 16.5. The van der Waals surface area contributed by atoms with Gasteiger partial charge in [0.25, 0.3) is 0 Å². The van der Waals surface area contributed by atoms with Crippen LogP contribution in [0.1, 0.15) is 23.7 Å². The van der Waals surface area contributed by atoms with Crippen molar-refractivity contribution in [2.75, 3.05) is 11.4 Å². The number of nitrogens with zero attached hydrogens (tertiary/aromatic N) is 6. The summed E-state index contributed by atoms with van der Waals surface area (Å²) in [5.74, 6) is 0.726. The van der Waals surface area contributed by atoms with Crippen LogP contribution in [0.15, 0.2) is 60.5 Å². The molecule has 3 heterocycles. The third-order valence-corrected chi connectivity index (χ3v) is 5.07. The maximum absolute atomic E-state index is 4.57. The van der Waals surface area contributed by atoms with Crippen molar-refractivity contribution in [1.29, 1.82) is 0 Å². The molecule has 7 heteroatoms. The third-order valence-electron chi connectivity index (χ3n) is 4.49. The van der Waals surface area contributed by atoms with Gasteiger partial charge in [0.2, 0.25) is 5.95 Å². The van der Waals surface area contributed by atoms with Gasteiger partial charge < -0.3 is 4.90 Å². The lowest BCUT2D eigenvalue weighted by Crippen LogP contribution is -2.27. The highest BCUT2D eigenvalue weighted by Crippen LogP contribution is 2.15. The molecule has 28 heavy (non-hydrogen) atoms. The van der Waals surface area contributed by atoms with E-state index in [2.05, 4.69) is 43.6 Å². The SMILES string of the molecule is CCc1cnc(N(CCc2cs[c]n2)Cc2cnn(-c3ccccc3)c2)nc1. The van der Waals surface area contributed by atoms with Crippen molar-refractivity contribution in [3.63, 3.8) is 0 Å². The van der Waals surface area contributed by atoms with Crippen LogP contribution in [0.2, 0.25) is 0 Å². The van der Waals surface area contributed by atoms with Crippen molar-refractivity contribution in [1.82, 2.24) is 24.7 Å². The Morgan fingerprint density at radius 1 is 1.07 bits per heavy atom. The van der Waals surface area contributed by atoms with Gasteiger partial charge in [-0.05, 0) is 24.1 Å². The Morgan fingerprint density at radius 2 is 1.89 bits per heavy atom. The van der Waals surface area contributed by atoms with E-state index in [9.17, 15) is 0 Å². The summed E-state index contributed by atoms with van der Waals surface area (Å²) in [4.78, 5) is 15.6. The predicted octanol–water partition coefficient (Wildman–Crippen LogP) is 3.73. The van der Waals surface area contributed by atoms with Crippen LogP contribution in [-0.4, -0.2) is 31.3 Å². The molecule has 0 saturated heterocycles. The molecule has 0 aliphatic rings. The highest BCUT2D eigenvalue weighted by atomic mass is 32.1. The topological polar surface area (TPSA) is 59.7 Å². The second kappa shape index (κ2) is 8.75. The molecule has 4 rings (SSSR count). The Hall–Kier alpha value is -3.06. The predicted molar refractivity (Wildman–Crippen MR) is 111 cm³/mol. The largest absolute Gasteiger partial charge is 0.336 e. The van der Waals surface area contributed by atoms with Crippen LogP contribution in [0, 0.1) is 5.51 Å². The molecule has 0 atom stereocenters. The third kappa shape index (κ3) is 4.43. The molecule has 4 aromatic rings. The van der Waals surface area contributed by atoms with E-state index in [1.54, 1.807) is 0 Å². The first-order valence-corrected chi connectivity index (χ1v) is 10.1. The zero-order valence-electron chi connectivity index (χ0n) is 15.7. The molecule has 0 saturated carbocycles. The first-order valence-electron chi connectivity index (χ1n) is 9.27. The Labute approximate surface area is 168 Å². The second-order valence-electron chi connectivity index (χ2n) is 6.48. The lowest BCUT2D eigenvalue weighted by atomic mass is 10.2. The van der Waals surface area contributed by atoms with E-state index >= 15 is 0 Å². The lowest BCUT2D eigenvalue weighted by Gasteiger charge is -2.21. The molecule has 0 bridgehead atoms. The molecule has 0 unspecified atom stereocenters. The van der Waals surface area contributed by atoms with E-state index in [-0.39, 0.29) is 0 Å². The molecule has 141 valence electrons. The number of benzene rings is 1. The highest BCUT2D eigenvalue weighted by molar-refractivity contribution is 7.07. The first kappa shape index (κ1) is 18.3. The number of thiazole rings is 1. The normalized spacial score (nSPS) is 10.9. The number of anilines is 1. The maximum atomic E-state index is 4.57. The van der Waals surface area contributed by atoms with E-state index in [0.29, 0.717) is 6.54 Å².